The molecule has 7 heteroatoms. The zero-order chi connectivity index (χ0) is 21.4. The Hall–Kier alpha value is -2.93. The number of nitrogens with zero attached hydrogens (tertiary/aromatic N) is 4. The van der Waals surface area contributed by atoms with Gasteiger partial charge in [0.25, 0.3) is 0 Å². The van der Waals surface area contributed by atoms with E-state index in [1.165, 1.54) is 0 Å². The third-order valence-corrected chi connectivity index (χ3v) is 6.77. The van der Waals surface area contributed by atoms with E-state index in [-0.39, 0.29) is 5.91 Å². The van der Waals surface area contributed by atoms with E-state index in [0.717, 1.165) is 71.7 Å². The van der Waals surface area contributed by atoms with Crippen LogP contribution in [-0.2, 0) is 24.2 Å². The number of rotatable bonds is 4. The van der Waals surface area contributed by atoms with Gasteiger partial charge in [-0.25, -0.2) is 9.97 Å². The van der Waals surface area contributed by atoms with Crippen LogP contribution in [0.5, 0.6) is 0 Å². The number of nitrogens with one attached hydrogen (secondary N) is 2. The van der Waals surface area contributed by atoms with Crippen LogP contribution in [0.4, 0.5) is 5.82 Å². The summed E-state index contributed by atoms with van der Waals surface area (Å²) in [5, 5.41) is 4.40. The van der Waals surface area contributed by atoms with Crippen molar-refractivity contribution < 1.29 is 4.79 Å². The van der Waals surface area contributed by atoms with Gasteiger partial charge in [0.1, 0.15) is 11.6 Å². The Morgan fingerprint density at radius 1 is 1.19 bits per heavy atom. The van der Waals surface area contributed by atoms with Gasteiger partial charge in [0.05, 0.1) is 18.7 Å². The minimum atomic E-state index is 0.154. The van der Waals surface area contributed by atoms with Gasteiger partial charge < -0.3 is 20.1 Å². The Bertz CT molecular complexity index is 1100. The maximum atomic E-state index is 13.1. The molecule has 4 heterocycles. The smallest absolute Gasteiger partial charge is 0.227 e. The van der Waals surface area contributed by atoms with Crippen LogP contribution in [0.15, 0.2) is 30.5 Å². The van der Waals surface area contributed by atoms with Gasteiger partial charge in [-0.05, 0) is 51.0 Å². The first-order valence-corrected chi connectivity index (χ1v) is 11.2. The van der Waals surface area contributed by atoms with Crippen molar-refractivity contribution in [1.82, 2.24) is 24.8 Å². The van der Waals surface area contributed by atoms with Crippen molar-refractivity contribution in [2.45, 2.75) is 38.1 Å². The minimum Gasteiger partial charge on any atom is -0.373 e. The van der Waals surface area contributed by atoms with Gasteiger partial charge in [-0.3, -0.25) is 4.79 Å². The van der Waals surface area contributed by atoms with E-state index in [1.807, 2.05) is 36.3 Å². The molecule has 0 atom stereocenters. The lowest BCUT2D eigenvalue weighted by molar-refractivity contribution is -0.131. The number of benzene rings is 1. The third kappa shape index (κ3) is 3.90. The summed E-state index contributed by atoms with van der Waals surface area (Å²) in [5.74, 6) is 2.41. The van der Waals surface area contributed by atoms with E-state index in [2.05, 4.69) is 28.3 Å². The summed E-state index contributed by atoms with van der Waals surface area (Å²) < 4.78 is 0. The first kappa shape index (κ1) is 20.0. The van der Waals surface area contributed by atoms with E-state index >= 15 is 0 Å². The van der Waals surface area contributed by atoms with Gasteiger partial charge >= 0.3 is 0 Å². The second-order valence-electron chi connectivity index (χ2n) is 8.78. The Balaban J connectivity index is 1.36. The predicted molar refractivity (Wildman–Crippen MR) is 122 cm³/mol. The quantitative estimate of drug-likeness (QED) is 0.681. The number of aromatic nitrogens is 3. The number of H-pyrrole nitrogens is 1. The molecule has 1 saturated heterocycles. The number of hydrogen-bond donors (Lipinski definition) is 2. The number of para-hydroxylation sites is 1. The Kier molecular flexibility index (Phi) is 5.36. The number of aromatic amines is 1. The predicted octanol–water partition coefficient (Wildman–Crippen LogP) is 2.94. The van der Waals surface area contributed by atoms with Crippen LogP contribution < -0.4 is 5.32 Å². The monoisotopic (exact) mass is 418 g/mol. The molecule has 0 spiro atoms. The van der Waals surface area contributed by atoms with Crippen molar-refractivity contribution in [1.29, 1.82) is 0 Å². The summed E-state index contributed by atoms with van der Waals surface area (Å²) in [6, 6.07) is 8.14. The van der Waals surface area contributed by atoms with E-state index in [4.69, 9.17) is 9.97 Å². The molecule has 0 radical (unpaired) electrons. The van der Waals surface area contributed by atoms with Crippen molar-refractivity contribution in [3.8, 4) is 0 Å². The fraction of sp³-hybridized carbons (Fsp3) is 0.458. The Morgan fingerprint density at radius 3 is 2.81 bits per heavy atom. The number of amides is 1. The second-order valence-corrected chi connectivity index (χ2v) is 8.78. The van der Waals surface area contributed by atoms with Crippen molar-refractivity contribution in [2.75, 3.05) is 39.0 Å². The van der Waals surface area contributed by atoms with E-state index < -0.39 is 0 Å². The molecule has 2 aliphatic heterocycles. The lowest BCUT2D eigenvalue weighted by Gasteiger charge is -2.32. The number of anilines is 1. The molecule has 162 valence electrons. The van der Waals surface area contributed by atoms with Gasteiger partial charge in [0.15, 0.2) is 0 Å². The second kappa shape index (κ2) is 8.30. The zero-order valence-electron chi connectivity index (χ0n) is 18.3. The third-order valence-electron chi connectivity index (χ3n) is 6.77. The van der Waals surface area contributed by atoms with Crippen LogP contribution in [0.1, 0.15) is 41.4 Å². The van der Waals surface area contributed by atoms with Crippen molar-refractivity contribution in [3.05, 3.63) is 53.1 Å². The van der Waals surface area contributed by atoms with Crippen LogP contribution in [0, 0.1) is 0 Å². The summed E-state index contributed by atoms with van der Waals surface area (Å²) in [5.41, 5.74) is 4.29. The highest BCUT2D eigenvalue weighted by Gasteiger charge is 2.28. The summed E-state index contributed by atoms with van der Waals surface area (Å²) in [4.78, 5) is 30.6. The standard InChI is InChI=1S/C24H30N6O/c1-25-24-19-9-12-30(22(31)13-17-14-26-20-6-4-3-5-18(17)20)15-21(19)27-23(28-24)16-7-10-29(2)11-8-16/h3-6,14,16,26H,7-13,15H2,1-2H3,(H,25,27,28). The molecule has 31 heavy (non-hydrogen) atoms. The molecule has 3 aromatic rings. The fourth-order valence-electron chi connectivity index (χ4n) is 4.87. The van der Waals surface area contributed by atoms with E-state index in [1.54, 1.807) is 0 Å². The molecule has 0 saturated carbocycles. The normalized spacial score (nSPS) is 17.7. The van der Waals surface area contributed by atoms with Crippen LogP contribution >= 0.6 is 0 Å². The van der Waals surface area contributed by atoms with Crippen LogP contribution in [0.2, 0.25) is 0 Å². The molecular weight excluding hydrogens is 388 g/mol. The van der Waals surface area contributed by atoms with E-state index in [0.29, 0.717) is 25.4 Å². The van der Waals surface area contributed by atoms with Crippen LogP contribution in [0.3, 0.4) is 0 Å². The van der Waals surface area contributed by atoms with Gasteiger partial charge in [0.2, 0.25) is 5.91 Å². The highest BCUT2D eigenvalue weighted by Crippen LogP contribution is 2.30. The topological polar surface area (TPSA) is 77.2 Å². The largest absolute Gasteiger partial charge is 0.373 e. The lowest BCUT2D eigenvalue weighted by Crippen LogP contribution is -2.38. The highest BCUT2D eigenvalue weighted by molar-refractivity contribution is 5.89. The highest BCUT2D eigenvalue weighted by atomic mass is 16.2. The number of piperidine rings is 1. The lowest BCUT2D eigenvalue weighted by atomic mass is 9.95. The van der Waals surface area contributed by atoms with Crippen LogP contribution in [-0.4, -0.2) is 64.4 Å². The molecule has 7 nitrogen and oxygen atoms in total. The molecule has 2 N–H and O–H groups in total. The number of likely N-dealkylation sites (tertiary alicyclic amines) is 1. The van der Waals surface area contributed by atoms with Gasteiger partial charge in [-0.15, -0.1) is 0 Å². The zero-order valence-corrected chi connectivity index (χ0v) is 18.3. The number of hydrogen-bond acceptors (Lipinski definition) is 5. The van der Waals surface area contributed by atoms with Gasteiger partial charge in [0, 0.05) is 42.2 Å². The number of carbonyl (C=O) groups is 1. The van der Waals surface area contributed by atoms with Gasteiger partial charge in [-0.1, -0.05) is 18.2 Å². The van der Waals surface area contributed by atoms with Crippen molar-refractivity contribution in [2.24, 2.45) is 0 Å². The van der Waals surface area contributed by atoms with Crippen LogP contribution in [0.25, 0.3) is 10.9 Å². The average Bonchev–Trinajstić information content (AvgIpc) is 3.21. The molecule has 2 aliphatic rings. The van der Waals surface area contributed by atoms with E-state index in [9.17, 15) is 4.79 Å². The molecule has 5 rings (SSSR count). The first-order chi connectivity index (χ1) is 15.1. The maximum absolute atomic E-state index is 13.1. The summed E-state index contributed by atoms with van der Waals surface area (Å²) >= 11 is 0. The fourth-order valence-corrected chi connectivity index (χ4v) is 4.87. The summed E-state index contributed by atoms with van der Waals surface area (Å²) in [7, 11) is 4.09. The number of carbonyl (C=O) groups excluding carboxylic acids is 1. The maximum Gasteiger partial charge on any atom is 0.227 e. The SMILES string of the molecule is CNc1nc(C2CCN(C)CC2)nc2c1CCN(C(=O)Cc1c[nH]c3ccccc13)C2. The molecule has 0 unspecified atom stereocenters. The molecule has 1 aromatic carbocycles. The van der Waals surface area contributed by atoms with Crippen molar-refractivity contribution in [3.63, 3.8) is 0 Å². The molecule has 0 aliphatic carbocycles. The number of fused-ring (bicyclic) bond motifs is 2. The molecule has 0 bridgehead atoms. The molecule has 1 amide bonds. The Labute approximate surface area is 182 Å². The average molecular weight is 419 g/mol. The summed E-state index contributed by atoms with van der Waals surface area (Å²) in [6.07, 6.45) is 5.33. The van der Waals surface area contributed by atoms with Gasteiger partial charge in [-0.2, -0.15) is 0 Å². The molecule has 2 aromatic heterocycles. The molecular formula is C24H30N6O. The molecule has 1 fully saturated rings. The minimum absolute atomic E-state index is 0.154. The Morgan fingerprint density at radius 2 is 2.00 bits per heavy atom. The first-order valence-electron chi connectivity index (χ1n) is 11.2. The van der Waals surface area contributed by atoms with Crippen molar-refractivity contribution >= 4 is 22.6 Å². The summed E-state index contributed by atoms with van der Waals surface area (Å²) in [6.45, 7) is 3.43.